The summed E-state index contributed by atoms with van der Waals surface area (Å²) in [4.78, 5) is 39.2. The first kappa shape index (κ1) is 24.7. The standard InChI is InChI=1S/C26H20Br2N2O5/c1-15-11-18(27)8-9-21(15)30-25(32)19(24(31)29-26(30)33)12-16-7-10-22(23(13-16)34-2)35-14-17-5-3-4-6-20(17)28/h3-13H,14H2,1-2H3,(H,29,31,33)/b19-12-. The molecule has 1 saturated heterocycles. The first-order valence-electron chi connectivity index (χ1n) is 10.5. The van der Waals surface area contributed by atoms with Gasteiger partial charge < -0.3 is 9.47 Å². The number of rotatable bonds is 6. The van der Waals surface area contributed by atoms with Gasteiger partial charge in [0.2, 0.25) is 0 Å². The monoisotopic (exact) mass is 598 g/mol. The Bertz CT molecular complexity index is 1370. The van der Waals surface area contributed by atoms with Gasteiger partial charge >= 0.3 is 6.03 Å². The van der Waals surface area contributed by atoms with Crippen molar-refractivity contribution in [2.24, 2.45) is 0 Å². The fourth-order valence-corrected chi connectivity index (χ4v) is 4.45. The lowest BCUT2D eigenvalue weighted by Crippen LogP contribution is -2.54. The maximum Gasteiger partial charge on any atom is 0.335 e. The maximum absolute atomic E-state index is 13.2. The molecule has 4 amide bonds. The molecule has 1 N–H and O–H groups in total. The molecular formula is C26H20Br2N2O5. The quantitative estimate of drug-likeness (QED) is 0.287. The van der Waals surface area contributed by atoms with Crippen molar-refractivity contribution < 1.29 is 23.9 Å². The van der Waals surface area contributed by atoms with Crippen molar-refractivity contribution in [1.82, 2.24) is 5.32 Å². The maximum atomic E-state index is 13.2. The number of barbiturate groups is 1. The molecule has 4 rings (SSSR count). The third-order valence-electron chi connectivity index (χ3n) is 5.34. The van der Waals surface area contributed by atoms with Crippen LogP contribution in [0.2, 0.25) is 0 Å². The van der Waals surface area contributed by atoms with E-state index in [-0.39, 0.29) is 5.57 Å². The molecule has 0 saturated carbocycles. The van der Waals surface area contributed by atoms with E-state index in [4.69, 9.17) is 9.47 Å². The van der Waals surface area contributed by atoms with E-state index >= 15 is 0 Å². The molecular weight excluding hydrogens is 580 g/mol. The third-order valence-corrected chi connectivity index (χ3v) is 6.61. The lowest BCUT2D eigenvalue weighted by molar-refractivity contribution is -0.122. The summed E-state index contributed by atoms with van der Waals surface area (Å²) in [6.07, 6.45) is 1.42. The first-order valence-corrected chi connectivity index (χ1v) is 12.1. The molecule has 1 aliphatic rings. The predicted molar refractivity (Wildman–Crippen MR) is 139 cm³/mol. The van der Waals surface area contributed by atoms with Gasteiger partial charge in [-0.25, -0.2) is 9.69 Å². The van der Waals surface area contributed by atoms with E-state index < -0.39 is 17.8 Å². The molecule has 0 atom stereocenters. The lowest BCUT2D eigenvalue weighted by Gasteiger charge is -2.27. The molecule has 1 aliphatic heterocycles. The fourth-order valence-electron chi connectivity index (χ4n) is 3.58. The Morgan fingerprint density at radius 2 is 1.74 bits per heavy atom. The zero-order chi connectivity index (χ0) is 25.1. The molecule has 7 nitrogen and oxygen atoms in total. The molecule has 0 spiro atoms. The Labute approximate surface area is 219 Å². The van der Waals surface area contributed by atoms with Crippen LogP contribution in [0.3, 0.4) is 0 Å². The summed E-state index contributed by atoms with van der Waals surface area (Å²) >= 11 is 6.87. The molecule has 0 aliphatic carbocycles. The van der Waals surface area contributed by atoms with Gasteiger partial charge in [0.25, 0.3) is 11.8 Å². The van der Waals surface area contributed by atoms with Crippen LogP contribution in [0.4, 0.5) is 10.5 Å². The topological polar surface area (TPSA) is 84.9 Å². The van der Waals surface area contributed by atoms with Crippen molar-refractivity contribution in [3.63, 3.8) is 0 Å². The Kier molecular flexibility index (Phi) is 7.37. The second-order valence-electron chi connectivity index (χ2n) is 7.68. The smallest absolute Gasteiger partial charge is 0.335 e. The second-order valence-corrected chi connectivity index (χ2v) is 9.45. The van der Waals surface area contributed by atoms with Crippen molar-refractivity contribution >= 4 is 61.5 Å². The number of imide groups is 2. The van der Waals surface area contributed by atoms with Gasteiger partial charge in [0.05, 0.1) is 12.8 Å². The number of hydrogen-bond acceptors (Lipinski definition) is 5. The van der Waals surface area contributed by atoms with Gasteiger partial charge in [-0.05, 0) is 60.5 Å². The van der Waals surface area contributed by atoms with E-state index in [1.807, 2.05) is 24.3 Å². The van der Waals surface area contributed by atoms with Crippen LogP contribution >= 0.6 is 31.9 Å². The van der Waals surface area contributed by atoms with E-state index in [9.17, 15) is 14.4 Å². The minimum absolute atomic E-state index is 0.171. The highest BCUT2D eigenvalue weighted by Gasteiger charge is 2.37. The summed E-state index contributed by atoms with van der Waals surface area (Å²) in [7, 11) is 1.51. The summed E-state index contributed by atoms with van der Waals surface area (Å²) in [5, 5.41) is 2.24. The normalized spacial score (nSPS) is 14.8. The number of carbonyl (C=O) groups excluding carboxylic acids is 3. The Morgan fingerprint density at radius 3 is 2.46 bits per heavy atom. The summed E-state index contributed by atoms with van der Waals surface area (Å²) in [6, 6.07) is 17.1. The summed E-state index contributed by atoms with van der Waals surface area (Å²) in [6.45, 7) is 2.10. The molecule has 35 heavy (non-hydrogen) atoms. The molecule has 9 heteroatoms. The molecule has 0 radical (unpaired) electrons. The minimum Gasteiger partial charge on any atom is -0.493 e. The molecule has 1 fully saturated rings. The number of benzene rings is 3. The number of anilines is 1. The lowest BCUT2D eigenvalue weighted by atomic mass is 10.1. The zero-order valence-electron chi connectivity index (χ0n) is 18.8. The van der Waals surface area contributed by atoms with Crippen LogP contribution in [-0.4, -0.2) is 25.0 Å². The largest absolute Gasteiger partial charge is 0.493 e. The predicted octanol–water partition coefficient (Wildman–Crippen LogP) is 5.77. The highest BCUT2D eigenvalue weighted by molar-refractivity contribution is 9.10. The Morgan fingerprint density at radius 1 is 0.971 bits per heavy atom. The highest BCUT2D eigenvalue weighted by atomic mass is 79.9. The van der Waals surface area contributed by atoms with Crippen LogP contribution in [-0.2, 0) is 16.2 Å². The van der Waals surface area contributed by atoms with Crippen molar-refractivity contribution in [3.8, 4) is 11.5 Å². The van der Waals surface area contributed by atoms with Gasteiger partial charge in [0, 0.05) is 14.5 Å². The average Bonchev–Trinajstić information content (AvgIpc) is 2.82. The van der Waals surface area contributed by atoms with Crippen LogP contribution in [0.25, 0.3) is 6.08 Å². The number of hydrogen-bond donors (Lipinski definition) is 1. The number of carbonyl (C=O) groups is 3. The van der Waals surface area contributed by atoms with Gasteiger partial charge in [0.1, 0.15) is 12.2 Å². The van der Waals surface area contributed by atoms with Crippen LogP contribution in [0.15, 0.2) is 75.2 Å². The fraction of sp³-hybridized carbons (Fsp3) is 0.115. The van der Waals surface area contributed by atoms with Gasteiger partial charge in [-0.15, -0.1) is 0 Å². The molecule has 0 aromatic heterocycles. The van der Waals surface area contributed by atoms with Gasteiger partial charge in [0.15, 0.2) is 11.5 Å². The SMILES string of the molecule is COc1cc(/C=C2/C(=O)NC(=O)N(c3ccc(Br)cc3C)C2=O)ccc1OCc1ccccc1Br. The number of nitrogens with one attached hydrogen (secondary N) is 1. The van der Waals surface area contributed by atoms with Gasteiger partial charge in [-0.2, -0.15) is 0 Å². The van der Waals surface area contributed by atoms with E-state index in [1.165, 1.54) is 13.2 Å². The van der Waals surface area contributed by atoms with Crippen LogP contribution in [0, 0.1) is 6.92 Å². The highest BCUT2D eigenvalue weighted by Crippen LogP contribution is 2.32. The summed E-state index contributed by atoms with van der Waals surface area (Å²) < 4.78 is 13.1. The van der Waals surface area contributed by atoms with E-state index in [1.54, 1.807) is 43.3 Å². The molecule has 0 bridgehead atoms. The number of halogens is 2. The first-order chi connectivity index (χ1) is 16.8. The Hall–Kier alpha value is -3.43. The van der Waals surface area contributed by atoms with E-state index in [0.717, 1.165) is 19.4 Å². The zero-order valence-corrected chi connectivity index (χ0v) is 22.0. The van der Waals surface area contributed by atoms with E-state index in [0.29, 0.717) is 34.9 Å². The summed E-state index contributed by atoms with van der Waals surface area (Å²) in [5.74, 6) is -0.532. The number of nitrogens with zero attached hydrogens (tertiary/aromatic N) is 1. The number of urea groups is 1. The van der Waals surface area contributed by atoms with E-state index in [2.05, 4.69) is 37.2 Å². The third kappa shape index (κ3) is 5.31. The van der Waals surface area contributed by atoms with Crippen molar-refractivity contribution in [2.45, 2.75) is 13.5 Å². The molecule has 178 valence electrons. The van der Waals surface area contributed by atoms with Crippen molar-refractivity contribution in [2.75, 3.05) is 12.0 Å². The number of aryl methyl sites for hydroxylation is 1. The van der Waals surface area contributed by atoms with Gasteiger partial charge in [-0.1, -0.05) is 56.1 Å². The molecule has 3 aromatic carbocycles. The molecule has 0 unspecified atom stereocenters. The molecule has 3 aromatic rings. The van der Waals surface area contributed by atoms with Crippen LogP contribution < -0.4 is 19.7 Å². The summed E-state index contributed by atoms with van der Waals surface area (Å²) in [5.41, 5.74) is 2.43. The Balaban J connectivity index is 1.62. The second kappa shape index (κ2) is 10.5. The number of amides is 4. The van der Waals surface area contributed by atoms with Crippen LogP contribution in [0.5, 0.6) is 11.5 Å². The minimum atomic E-state index is -0.795. The van der Waals surface area contributed by atoms with Crippen LogP contribution in [0.1, 0.15) is 16.7 Å². The van der Waals surface area contributed by atoms with Gasteiger partial charge in [-0.3, -0.25) is 14.9 Å². The number of ether oxygens (including phenoxy) is 2. The number of methoxy groups -OCH3 is 1. The average molecular weight is 600 g/mol. The van der Waals surface area contributed by atoms with Crippen molar-refractivity contribution in [3.05, 3.63) is 91.9 Å². The molecule has 1 heterocycles. The van der Waals surface area contributed by atoms with Crippen molar-refractivity contribution in [1.29, 1.82) is 0 Å².